The first-order chi connectivity index (χ1) is 8.27. The lowest BCUT2D eigenvalue weighted by molar-refractivity contribution is 0.292. The highest BCUT2D eigenvalue weighted by molar-refractivity contribution is 8.24. The van der Waals surface area contributed by atoms with Crippen molar-refractivity contribution in [1.29, 1.82) is 0 Å². The Morgan fingerprint density at radius 3 is 2.44 bits per heavy atom. The van der Waals surface area contributed by atoms with E-state index in [4.69, 9.17) is 12.2 Å². The van der Waals surface area contributed by atoms with E-state index in [2.05, 4.69) is 0 Å². The minimum absolute atomic E-state index is 0.00851. The molecule has 0 saturated carbocycles. The van der Waals surface area contributed by atoms with Crippen LogP contribution in [0.2, 0.25) is 0 Å². The summed E-state index contributed by atoms with van der Waals surface area (Å²) in [5.41, 5.74) is 0. The number of thiocarbonyl (C=S) groups is 1. The average molecular weight is 327 g/mol. The van der Waals surface area contributed by atoms with E-state index in [0.29, 0.717) is 10.7 Å². The molecule has 3 atom stereocenters. The number of rotatable bonds is 1. The number of hydrogen-bond donors (Lipinski definition) is 0. The molecule has 3 heterocycles. The molecule has 0 spiro atoms. The van der Waals surface area contributed by atoms with Crippen molar-refractivity contribution in [3.8, 4) is 0 Å². The molecule has 0 radical (unpaired) electrons. The second-order valence-corrected chi connectivity index (χ2v) is 11.3. The summed E-state index contributed by atoms with van der Waals surface area (Å²) in [5.74, 6) is 0.572. The van der Waals surface area contributed by atoms with Gasteiger partial charge in [-0.25, -0.2) is 16.8 Å². The van der Waals surface area contributed by atoms with E-state index in [0.717, 1.165) is 0 Å². The Balaban J connectivity index is 1.86. The monoisotopic (exact) mass is 327 g/mol. The number of hydrogen-bond acceptors (Lipinski definition) is 6. The Bertz CT molecular complexity index is 596. The Labute approximate surface area is 116 Å². The second kappa shape index (κ2) is 4.07. The zero-order valence-electron chi connectivity index (χ0n) is 9.48. The summed E-state index contributed by atoms with van der Waals surface area (Å²) in [4.78, 5) is 1.89. The maximum atomic E-state index is 11.6. The first kappa shape index (κ1) is 13.1. The van der Waals surface area contributed by atoms with E-state index in [-0.39, 0.29) is 40.3 Å². The standard InChI is InChI=1S/C9H13NO4S4/c11-17(12)2-1-6(3-17)10-7-4-18(13,14)5-8(7)16-9(10)15/h6-8H,1-5H2/t6-,7+,8-/m0/s1. The molecular weight excluding hydrogens is 314 g/mol. The van der Waals surface area contributed by atoms with Gasteiger partial charge in [0.25, 0.3) is 0 Å². The lowest BCUT2D eigenvalue weighted by Gasteiger charge is -2.29. The summed E-state index contributed by atoms with van der Waals surface area (Å²) in [6, 6.07) is -0.246. The van der Waals surface area contributed by atoms with Crippen LogP contribution in [0.25, 0.3) is 0 Å². The average Bonchev–Trinajstić information content (AvgIpc) is 2.75. The molecule has 0 aromatic rings. The van der Waals surface area contributed by atoms with Crippen LogP contribution in [0.4, 0.5) is 0 Å². The first-order valence-electron chi connectivity index (χ1n) is 5.67. The number of thioether (sulfide) groups is 1. The Morgan fingerprint density at radius 2 is 1.83 bits per heavy atom. The third-order valence-corrected chi connectivity index (χ3v) is 9.07. The SMILES string of the molecule is O=S1(=O)CC[C@H](N2C(=S)S[C@H]3CS(=O)(=O)C[C@H]32)C1. The number of sulfone groups is 2. The summed E-state index contributed by atoms with van der Waals surface area (Å²) >= 11 is 6.70. The van der Waals surface area contributed by atoms with E-state index in [1.54, 1.807) is 0 Å². The highest BCUT2D eigenvalue weighted by Crippen LogP contribution is 2.40. The molecule has 102 valence electrons. The Morgan fingerprint density at radius 1 is 1.11 bits per heavy atom. The van der Waals surface area contributed by atoms with Crippen LogP contribution in [0.3, 0.4) is 0 Å². The first-order valence-corrected chi connectivity index (χ1v) is 10.6. The van der Waals surface area contributed by atoms with Gasteiger partial charge in [0, 0.05) is 11.3 Å². The van der Waals surface area contributed by atoms with Crippen LogP contribution in [-0.2, 0) is 19.7 Å². The topological polar surface area (TPSA) is 71.5 Å². The van der Waals surface area contributed by atoms with Crippen LogP contribution in [0.15, 0.2) is 0 Å². The Kier molecular flexibility index (Phi) is 2.97. The number of fused-ring (bicyclic) bond motifs is 1. The van der Waals surface area contributed by atoms with E-state index in [1.807, 2.05) is 4.90 Å². The van der Waals surface area contributed by atoms with Gasteiger partial charge in [0.15, 0.2) is 19.7 Å². The van der Waals surface area contributed by atoms with Gasteiger partial charge in [0.1, 0.15) is 4.32 Å². The predicted octanol–water partition coefficient (Wildman–Crippen LogP) is -0.327. The molecule has 0 N–H and O–H groups in total. The third kappa shape index (κ3) is 2.19. The summed E-state index contributed by atoms with van der Waals surface area (Å²) < 4.78 is 47.0. The third-order valence-electron chi connectivity index (χ3n) is 3.69. The maximum absolute atomic E-state index is 11.6. The quantitative estimate of drug-likeness (QED) is 0.611. The smallest absolute Gasteiger partial charge is 0.153 e. The van der Waals surface area contributed by atoms with E-state index < -0.39 is 19.7 Å². The molecule has 5 nitrogen and oxygen atoms in total. The molecule has 0 aromatic heterocycles. The van der Waals surface area contributed by atoms with E-state index in [9.17, 15) is 16.8 Å². The van der Waals surface area contributed by atoms with Crippen molar-refractivity contribution < 1.29 is 16.8 Å². The van der Waals surface area contributed by atoms with Gasteiger partial charge in [-0.15, -0.1) is 0 Å². The molecule has 18 heavy (non-hydrogen) atoms. The zero-order chi connectivity index (χ0) is 13.1. The van der Waals surface area contributed by atoms with Gasteiger partial charge in [0.2, 0.25) is 0 Å². The van der Waals surface area contributed by atoms with Gasteiger partial charge >= 0.3 is 0 Å². The van der Waals surface area contributed by atoms with Crippen LogP contribution in [-0.4, -0.2) is 66.4 Å². The molecule has 3 rings (SSSR count). The molecular formula is C9H13NO4S4. The van der Waals surface area contributed by atoms with Gasteiger partial charge < -0.3 is 4.90 Å². The van der Waals surface area contributed by atoms with Crippen LogP contribution in [0.5, 0.6) is 0 Å². The highest BCUT2D eigenvalue weighted by Gasteiger charge is 2.51. The zero-order valence-corrected chi connectivity index (χ0v) is 12.7. The minimum Gasteiger partial charge on any atom is -0.348 e. The molecule has 3 aliphatic rings. The highest BCUT2D eigenvalue weighted by atomic mass is 32.2. The molecule has 0 amide bonds. The van der Waals surface area contributed by atoms with Gasteiger partial charge in [-0.2, -0.15) is 0 Å². The summed E-state index contributed by atoms with van der Waals surface area (Å²) in [6.45, 7) is 0. The van der Waals surface area contributed by atoms with Crippen molar-refractivity contribution >= 4 is 48.0 Å². The lowest BCUT2D eigenvalue weighted by Crippen LogP contribution is -2.44. The van der Waals surface area contributed by atoms with Crippen LogP contribution < -0.4 is 0 Å². The fourth-order valence-electron chi connectivity index (χ4n) is 2.91. The van der Waals surface area contributed by atoms with Crippen LogP contribution >= 0.6 is 24.0 Å². The van der Waals surface area contributed by atoms with Crippen LogP contribution in [0.1, 0.15) is 6.42 Å². The molecule has 3 fully saturated rings. The Hall–Kier alpha value is 0.140. The van der Waals surface area contributed by atoms with Crippen molar-refractivity contribution in [2.24, 2.45) is 0 Å². The van der Waals surface area contributed by atoms with Gasteiger partial charge in [0.05, 0.1) is 29.1 Å². The summed E-state index contributed by atoms with van der Waals surface area (Å²) in [6.07, 6.45) is 0.562. The van der Waals surface area contributed by atoms with Crippen LogP contribution in [0, 0.1) is 0 Å². The molecule has 0 bridgehead atoms. The molecule has 3 saturated heterocycles. The fourth-order valence-corrected chi connectivity index (χ4v) is 9.11. The van der Waals surface area contributed by atoms with Crippen molar-refractivity contribution in [1.82, 2.24) is 4.90 Å². The van der Waals surface area contributed by atoms with Crippen molar-refractivity contribution in [3.63, 3.8) is 0 Å². The molecule has 0 unspecified atom stereocenters. The van der Waals surface area contributed by atoms with Gasteiger partial charge in [-0.05, 0) is 6.42 Å². The van der Waals surface area contributed by atoms with E-state index in [1.165, 1.54) is 11.8 Å². The van der Waals surface area contributed by atoms with Gasteiger partial charge in [-0.1, -0.05) is 24.0 Å². The number of nitrogens with zero attached hydrogens (tertiary/aromatic N) is 1. The molecule has 0 aliphatic carbocycles. The molecule has 3 aliphatic heterocycles. The fraction of sp³-hybridized carbons (Fsp3) is 0.889. The molecule has 9 heteroatoms. The van der Waals surface area contributed by atoms with E-state index >= 15 is 0 Å². The lowest BCUT2D eigenvalue weighted by atomic mass is 10.1. The minimum atomic E-state index is -2.99. The second-order valence-electron chi connectivity index (χ2n) is 5.03. The summed E-state index contributed by atoms with van der Waals surface area (Å²) in [7, 11) is -5.97. The maximum Gasteiger partial charge on any atom is 0.153 e. The van der Waals surface area contributed by atoms with Crippen molar-refractivity contribution in [2.45, 2.75) is 23.8 Å². The van der Waals surface area contributed by atoms with Crippen molar-refractivity contribution in [2.75, 3.05) is 23.0 Å². The van der Waals surface area contributed by atoms with Gasteiger partial charge in [-0.3, -0.25) is 0 Å². The summed E-state index contributed by atoms with van der Waals surface area (Å²) in [5, 5.41) is -0.00851. The molecule has 0 aromatic carbocycles. The predicted molar refractivity (Wildman–Crippen MR) is 75.3 cm³/mol. The van der Waals surface area contributed by atoms with Crippen molar-refractivity contribution in [3.05, 3.63) is 0 Å². The normalized spacial score (nSPS) is 41.2. The largest absolute Gasteiger partial charge is 0.348 e.